The van der Waals surface area contributed by atoms with Crippen molar-refractivity contribution in [3.63, 3.8) is 0 Å². The summed E-state index contributed by atoms with van der Waals surface area (Å²) in [5, 5.41) is 6.59. The quantitative estimate of drug-likeness (QED) is 0.803. The number of pyridine rings is 1. The molecule has 0 radical (unpaired) electrons. The van der Waals surface area contributed by atoms with Gasteiger partial charge in [-0.05, 0) is 30.4 Å². The smallest absolute Gasteiger partial charge is 0.315 e. The van der Waals surface area contributed by atoms with Crippen molar-refractivity contribution in [3.05, 3.63) is 46.2 Å². The number of amides is 2. The number of aromatic nitrogens is 1. The van der Waals surface area contributed by atoms with Gasteiger partial charge in [0, 0.05) is 36.9 Å². The first-order valence-corrected chi connectivity index (χ1v) is 7.45. The van der Waals surface area contributed by atoms with Gasteiger partial charge in [-0.2, -0.15) is 0 Å². The number of nitrogens with one attached hydrogen (secondary N) is 3. The molecule has 1 fully saturated rings. The first-order valence-electron chi connectivity index (χ1n) is 7.45. The molecule has 3 rings (SSSR count). The molecule has 1 saturated heterocycles. The van der Waals surface area contributed by atoms with Crippen LogP contribution in [0.25, 0.3) is 10.9 Å². The number of carbonyl (C=O) groups excluding carboxylic acids is 1. The molecule has 2 amide bonds. The zero-order valence-corrected chi connectivity index (χ0v) is 12.2. The van der Waals surface area contributed by atoms with Gasteiger partial charge in [0.2, 0.25) is 0 Å². The maximum atomic E-state index is 12.0. The van der Waals surface area contributed by atoms with E-state index in [2.05, 4.69) is 15.6 Å². The van der Waals surface area contributed by atoms with Crippen LogP contribution in [0.1, 0.15) is 18.4 Å². The molecule has 0 unspecified atom stereocenters. The van der Waals surface area contributed by atoms with Crippen molar-refractivity contribution in [2.24, 2.45) is 0 Å². The zero-order chi connectivity index (χ0) is 15.4. The zero-order valence-electron chi connectivity index (χ0n) is 12.2. The van der Waals surface area contributed by atoms with E-state index in [1.54, 1.807) is 0 Å². The lowest BCUT2D eigenvalue weighted by Crippen LogP contribution is -2.44. The van der Waals surface area contributed by atoms with Crippen molar-refractivity contribution >= 4 is 16.9 Å². The van der Waals surface area contributed by atoms with Gasteiger partial charge in [0.25, 0.3) is 5.56 Å². The average molecular weight is 301 g/mol. The molecule has 0 saturated carbocycles. The first kappa shape index (κ1) is 14.6. The lowest BCUT2D eigenvalue weighted by atomic mass is 10.1. The summed E-state index contributed by atoms with van der Waals surface area (Å²) in [6, 6.07) is 9.27. The largest absolute Gasteiger partial charge is 0.381 e. The SMILES string of the molecule is O=C(NCc1cc2ccccc2[nH]c1=O)NC1CCOCC1. The number of urea groups is 1. The van der Waals surface area contributed by atoms with Gasteiger partial charge in [-0.1, -0.05) is 18.2 Å². The molecule has 116 valence electrons. The molecule has 2 aromatic rings. The Morgan fingerprint density at radius 3 is 2.86 bits per heavy atom. The van der Waals surface area contributed by atoms with Crippen LogP contribution < -0.4 is 16.2 Å². The standard InChI is InChI=1S/C16H19N3O3/c20-15-12(9-11-3-1-2-4-14(11)19-15)10-17-16(21)18-13-5-7-22-8-6-13/h1-4,9,13H,5-8,10H2,(H,19,20)(H2,17,18,21). The number of ether oxygens (including phenoxy) is 1. The van der Waals surface area contributed by atoms with Gasteiger partial charge < -0.3 is 20.4 Å². The highest BCUT2D eigenvalue weighted by molar-refractivity contribution is 5.79. The van der Waals surface area contributed by atoms with E-state index in [1.807, 2.05) is 30.3 Å². The summed E-state index contributed by atoms with van der Waals surface area (Å²) in [5.74, 6) is 0. The third-order valence-corrected chi connectivity index (χ3v) is 3.83. The summed E-state index contributed by atoms with van der Waals surface area (Å²) >= 11 is 0. The minimum Gasteiger partial charge on any atom is -0.381 e. The number of aromatic amines is 1. The minimum atomic E-state index is -0.251. The number of hydrogen-bond donors (Lipinski definition) is 3. The van der Waals surface area contributed by atoms with Crippen LogP contribution in [-0.4, -0.2) is 30.3 Å². The van der Waals surface area contributed by atoms with Gasteiger partial charge in [0.15, 0.2) is 0 Å². The Bertz CT molecular complexity index is 720. The predicted octanol–water partition coefficient (Wildman–Crippen LogP) is 1.51. The second kappa shape index (κ2) is 6.62. The van der Waals surface area contributed by atoms with Crippen LogP contribution in [0, 0.1) is 0 Å². The highest BCUT2D eigenvalue weighted by atomic mass is 16.5. The monoisotopic (exact) mass is 301 g/mol. The van der Waals surface area contributed by atoms with Gasteiger partial charge in [-0.25, -0.2) is 4.79 Å². The van der Waals surface area contributed by atoms with Crippen LogP contribution >= 0.6 is 0 Å². The molecule has 1 aliphatic rings. The van der Waals surface area contributed by atoms with Gasteiger partial charge in [0.05, 0.1) is 0 Å². The first-order chi connectivity index (χ1) is 10.7. The number of H-pyrrole nitrogens is 1. The third kappa shape index (κ3) is 3.46. The average Bonchev–Trinajstić information content (AvgIpc) is 2.54. The van der Waals surface area contributed by atoms with Crippen LogP contribution in [0.2, 0.25) is 0 Å². The number of benzene rings is 1. The van der Waals surface area contributed by atoms with Crippen molar-refractivity contribution in [3.8, 4) is 0 Å². The molecule has 6 heteroatoms. The van der Waals surface area contributed by atoms with Crippen molar-refractivity contribution in [2.45, 2.75) is 25.4 Å². The highest BCUT2D eigenvalue weighted by Gasteiger charge is 2.15. The van der Waals surface area contributed by atoms with Gasteiger partial charge >= 0.3 is 6.03 Å². The summed E-state index contributed by atoms with van der Waals surface area (Å²) in [5.41, 5.74) is 1.16. The summed E-state index contributed by atoms with van der Waals surface area (Å²) < 4.78 is 5.25. The van der Waals surface area contributed by atoms with Crippen molar-refractivity contribution < 1.29 is 9.53 Å². The molecule has 0 aliphatic carbocycles. The van der Waals surface area contributed by atoms with Crippen LogP contribution in [0.4, 0.5) is 4.79 Å². The summed E-state index contributed by atoms with van der Waals surface area (Å²) in [4.78, 5) is 26.7. The minimum absolute atomic E-state index is 0.142. The molecular formula is C16H19N3O3. The Kier molecular flexibility index (Phi) is 4.39. The third-order valence-electron chi connectivity index (χ3n) is 3.83. The van der Waals surface area contributed by atoms with E-state index in [4.69, 9.17) is 4.74 Å². The van der Waals surface area contributed by atoms with Gasteiger partial charge in [-0.15, -0.1) is 0 Å². The molecule has 0 spiro atoms. The van der Waals surface area contributed by atoms with E-state index in [0.29, 0.717) is 18.8 Å². The molecule has 0 bridgehead atoms. The Morgan fingerprint density at radius 2 is 2.05 bits per heavy atom. The van der Waals surface area contributed by atoms with Crippen LogP contribution in [0.3, 0.4) is 0 Å². The molecule has 0 atom stereocenters. The van der Waals surface area contributed by atoms with Gasteiger partial charge in [0.1, 0.15) is 0 Å². The van der Waals surface area contributed by atoms with E-state index in [-0.39, 0.29) is 24.2 Å². The summed E-state index contributed by atoms with van der Waals surface area (Å²) in [6.07, 6.45) is 1.65. The van der Waals surface area contributed by atoms with Crippen molar-refractivity contribution in [1.82, 2.24) is 15.6 Å². The molecule has 1 aromatic heterocycles. The molecule has 1 aliphatic heterocycles. The fourth-order valence-corrected chi connectivity index (χ4v) is 2.58. The van der Waals surface area contributed by atoms with E-state index < -0.39 is 0 Å². The number of carbonyl (C=O) groups is 1. The lowest BCUT2D eigenvalue weighted by Gasteiger charge is -2.23. The second-order valence-corrected chi connectivity index (χ2v) is 5.42. The van der Waals surface area contributed by atoms with E-state index >= 15 is 0 Å². The highest BCUT2D eigenvalue weighted by Crippen LogP contribution is 2.10. The summed E-state index contributed by atoms with van der Waals surface area (Å²) in [7, 11) is 0. The maximum absolute atomic E-state index is 12.0. The van der Waals surface area contributed by atoms with E-state index in [0.717, 1.165) is 23.7 Å². The number of hydrogen-bond acceptors (Lipinski definition) is 3. The predicted molar refractivity (Wildman–Crippen MR) is 83.8 cm³/mol. The van der Waals surface area contributed by atoms with Crippen LogP contribution in [0.5, 0.6) is 0 Å². The molecule has 22 heavy (non-hydrogen) atoms. The number of para-hydroxylation sites is 1. The normalized spacial score (nSPS) is 15.6. The fraction of sp³-hybridized carbons (Fsp3) is 0.375. The molecular weight excluding hydrogens is 282 g/mol. The number of rotatable bonds is 3. The van der Waals surface area contributed by atoms with Crippen molar-refractivity contribution in [1.29, 1.82) is 0 Å². The lowest BCUT2D eigenvalue weighted by molar-refractivity contribution is 0.0801. The van der Waals surface area contributed by atoms with Gasteiger partial charge in [-0.3, -0.25) is 4.79 Å². The Balaban J connectivity index is 1.62. The second-order valence-electron chi connectivity index (χ2n) is 5.42. The molecule has 1 aromatic carbocycles. The van der Waals surface area contributed by atoms with Crippen LogP contribution in [-0.2, 0) is 11.3 Å². The Morgan fingerprint density at radius 1 is 1.27 bits per heavy atom. The fourth-order valence-electron chi connectivity index (χ4n) is 2.58. The number of fused-ring (bicyclic) bond motifs is 1. The molecule has 2 heterocycles. The Hall–Kier alpha value is -2.34. The Labute approximate surface area is 127 Å². The van der Waals surface area contributed by atoms with Crippen molar-refractivity contribution in [2.75, 3.05) is 13.2 Å². The van der Waals surface area contributed by atoms with E-state index in [1.165, 1.54) is 0 Å². The molecule has 3 N–H and O–H groups in total. The maximum Gasteiger partial charge on any atom is 0.315 e. The molecule has 6 nitrogen and oxygen atoms in total. The summed E-state index contributed by atoms with van der Waals surface area (Å²) in [6.45, 7) is 1.56. The topological polar surface area (TPSA) is 83.2 Å². The van der Waals surface area contributed by atoms with E-state index in [9.17, 15) is 9.59 Å². The van der Waals surface area contributed by atoms with Crippen LogP contribution in [0.15, 0.2) is 35.1 Å².